The molecule has 0 N–H and O–H groups in total. The molecule has 8 heteroatoms. The third-order valence-corrected chi connectivity index (χ3v) is 5.21. The molecule has 0 spiro atoms. The number of hydrogen-bond donors (Lipinski definition) is 0. The third kappa shape index (κ3) is 3.33. The van der Waals surface area contributed by atoms with E-state index in [-0.39, 0.29) is 0 Å². The number of hydrogen-bond acceptors (Lipinski definition) is 5. The Bertz CT molecular complexity index is 1080. The second-order valence-corrected chi connectivity index (χ2v) is 7.06. The molecule has 25 heavy (non-hydrogen) atoms. The van der Waals surface area contributed by atoms with Crippen LogP contribution in [0.15, 0.2) is 58.8 Å². The minimum atomic E-state index is 0.419. The van der Waals surface area contributed by atoms with Gasteiger partial charge >= 0.3 is 0 Å². The smallest absolute Gasteiger partial charge is 0.193 e. The Morgan fingerprint density at radius 3 is 2.68 bits per heavy atom. The molecule has 5 nitrogen and oxygen atoms in total. The van der Waals surface area contributed by atoms with Crippen LogP contribution < -0.4 is 0 Å². The molecular weight excluding hydrogens is 377 g/mol. The van der Waals surface area contributed by atoms with Crippen LogP contribution in [0.2, 0.25) is 10.2 Å². The Morgan fingerprint density at radius 2 is 1.88 bits per heavy atom. The number of rotatable bonds is 3. The standard InChI is InChI=1S/C17H11Cl2N5S/c1-24-8-7-11(23-24)10-3-2-4-14(16(10)19)25-17-20-9-13-12(22-17)5-6-15(18)21-13/h2-9H,1H3. The van der Waals surface area contributed by atoms with E-state index in [1.165, 1.54) is 11.8 Å². The minimum absolute atomic E-state index is 0.419. The molecule has 0 aliphatic carbocycles. The number of aryl methyl sites for hydroxylation is 1. The summed E-state index contributed by atoms with van der Waals surface area (Å²) in [5.41, 5.74) is 3.10. The molecule has 0 saturated heterocycles. The van der Waals surface area contributed by atoms with Gasteiger partial charge in [0.1, 0.15) is 10.7 Å². The first-order valence-electron chi connectivity index (χ1n) is 7.36. The van der Waals surface area contributed by atoms with Gasteiger partial charge in [0.05, 0.1) is 22.4 Å². The average Bonchev–Trinajstić information content (AvgIpc) is 3.03. The third-order valence-electron chi connectivity index (χ3n) is 3.54. The van der Waals surface area contributed by atoms with Gasteiger partial charge in [0.2, 0.25) is 0 Å². The van der Waals surface area contributed by atoms with E-state index in [0.29, 0.717) is 20.8 Å². The molecule has 0 amide bonds. The lowest BCUT2D eigenvalue weighted by Crippen LogP contribution is -1.91. The molecule has 0 fully saturated rings. The highest BCUT2D eigenvalue weighted by atomic mass is 35.5. The molecule has 0 bridgehead atoms. The molecule has 3 heterocycles. The Hall–Kier alpha value is -2.15. The molecule has 4 aromatic rings. The van der Waals surface area contributed by atoms with E-state index in [1.54, 1.807) is 16.9 Å². The molecule has 124 valence electrons. The molecule has 0 aliphatic heterocycles. The van der Waals surface area contributed by atoms with E-state index in [2.05, 4.69) is 20.1 Å². The number of halogens is 2. The van der Waals surface area contributed by atoms with Crippen molar-refractivity contribution in [3.05, 3.63) is 59.0 Å². The van der Waals surface area contributed by atoms with Gasteiger partial charge in [-0.1, -0.05) is 35.3 Å². The number of aromatic nitrogens is 5. The maximum atomic E-state index is 6.59. The van der Waals surface area contributed by atoms with Gasteiger partial charge in [-0.15, -0.1) is 0 Å². The van der Waals surface area contributed by atoms with Crippen LogP contribution in [0, 0.1) is 0 Å². The van der Waals surface area contributed by atoms with Crippen molar-refractivity contribution < 1.29 is 0 Å². The molecule has 0 unspecified atom stereocenters. The average molecular weight is 388 g/mol. The highest BCUT2D eigenvalue weighted by molar-refractivity contribution is 7.99. The van der Waals surface area contributed by atoms with Crippen molar-refractivity contribution in [2.24, 2.45) is 7.05 Å². The number of fused-ring (bicyclic) bond motifs is 1. The van der Waals surface area contributed by atoms with Gasteiger partial charge in [0.25, 0.3) is 0 Å². The summed E-state index contributed by atoms with van der Waals surface area (Å²) in [4.78, 5) is 13.9. The van der Waals surface area contributed by atoms with Crippen molar-refractivity contribution in [1.82, 2.24) is 24.7 Å². The van der Waals surface area contributed by atoms with E-state index in [9.17, 15) is 0 Å². The number of benzene rings is 1. The van der Waals surface area contributed by atoms with Gasteiger partial charge in [-0.3, -0.25) is 4.68 Å². The van der Waals surface area contributed by atoms with E-state index in [4.69, 9.17) is 23.2 Å². The highest BCUT2D eigenvalue weighted by Crippen LogP contribution is 2.37. The summed E-state index contributed by atoms with van der Waals surface area (Å²) in [5, 5.41) is 6.05. The summed E-state index contributed by atoms with van der Waals surface area (Å²) in [7, 11) is 1.87. The fourth-order valence-corrected chi connectivity index (χ4v) is 3.66. The molecule has 0 atom stereocenters. The SMILES string of the molecule is Cn1ccc(-c2cccc(Sc3ncc4nc(Cl)ccc4n3)c2Cl)n1. The molecule has 3 aromatic heterocycles. The first-order chi connectivity index (χ1) is 12.1. The molecule has 4 rings (SSSR count). The zero-order chi connectivity index (χ0) is 17.4. The van der Waals surface area contributed by atoms with Gasteiger partial charge < -0.3 is 0 Å². The topological polar surface area (TPSA) is 56.5 Å². The van der Waals surface area contributed by atoms with Crippen molar-refractivity contribution in [2.45, 2.75) is 10.1 Å². The second kappa shape index (κ2) is 6.63. The molecule has 0 saturated carbocycles. The molecule has 0 aliphatic rings. The van der Waals surface area contributed by atoms with Crippen LogP contribution in [0.5, 0.6) is 0 Å². The van der Waals surface area contributed by atoms with Crippen molar-refractivity contribution in [1.29, 1.82) is 0 Å². The van der Waals surface area contributed by atoms with Gasteiger partial charge in [0.15, 0.2) is 5.16 Å². The van der Waals surface area contributed by atoms with Crippen molar-refractivity contribution in [3.63, 3.8) is 0 Å². The van der Waals surface area contributed by atoms with Crippen molar-refractivity contribution >= 4 is 46.0 Å². The van der Waals surface area contributed by atoms with Crippen LogP contribution in [0.1, 0.15) is 0 Å². The van der Waals surface area contributed by atoms with Gasteiger partial charge in [-0.25, -0.2) is 15.0 Å². The minimum Gasteiger partial charge on any atom is -0.275 e. The maximum Gasteiger partial charge on any atom is 0.193 e. The lowest BCUT2D eigenvalue weighted by molar-refractivity contribution is 0.771. The summed E-state index contributed by atoms with van der Waals surface area (Å²) in [6, 6.07) is 11.3. The number of pyridine rings is 1. The maximum absolute atomic E-state index is 6.59. The first-order valence-corrected chi connectivity index (χ1v) is 8.93. The largest absolute Gasteiger partial charge is 0.275 e. The Morgan fingerprint density at radius 1 is 1.00 bits per heavy atom. The van der Waals surface area contributed by atoms with E-state index in [1.807, 2.05) is 43.6 Å². The summed E-state index contributed by atoms with van der Waals surface area (Å²) in [6.45, 7) is 0. The number of nitrogens with zero attached hydrogens (tertiary/aromatic N) is 5. The Labute approximate surface area is 158 Å². The van der Waals surface area contributed by atoms with Crippen LogP contribution in [-0.4, -0.2) is 24.7 Å². The van der Waals surface area contributed by atoms with Crippen molar-refractivity contribution in [2.75, 3.05) is 0 Å². The molecule has 0 radical (unpaired) electrons. The van der Waals surface area contributed by atoms with Crippen LogP contribution in [-0.2, 0) is 7.05 Å². The van der Waals surface area contributed by atoms with E-state index < -0.39 is 0 Å². The fraction of sp³-hybridized carbons (Fsp3) is 0.0588. The fourth-order valence-electron chi connectivity index (χ4n) is 2.37. The lowest BCUT2D eigenvalue weighted by Gasteiger charge is -2.07. The normalized spacial score (nSPS) is 11.2. The lowest BCUT2D eigenvalue weighted by atomic mass is 10.1. The highest BCUT2D eigenvalue weighted by Gasteiger charge is 2.13. The van der Waals surface area contributed by atoms with E-state index >= 15 is 0 Å². The predicted molar refractivity (Wildman–Crippen MR) is 100 cm³/mol. The van der Waals surface area contributed by atoms with Crippen LogP contribution in [0.4, 0.5) is 0 Å². The van der Waals surface area contributed by atoms with Crippen molar-refractivity contribution in [3.8, 4) is 11.3 Å². The zero-order valence-electron chi connectivity index (χ0n) is 13.0. The summed E-state index contributed by atoms with van der Waals surface area (Å²) in [5.74, 6) is 0. The zero-order valence-corrected chi connectivity index (χ0v) is 15.3. The van der Waals surface area contributed by atoms with Crippen LogP contribution >= 0.6 is 35.0 Å². The monoisotopic (exact) mass is 387 g/mol. The summed E-state index contributed by atoms with van der Waals surface area (Å²) < 4.78 is 1.75. The Kier molecular flexibility index (Phi) is 4.33. The van der Waals surface area contributed by atoms with Crippen LogP contribution in [0.3, 0.4) is 0 Å². The summed E-state index contributed by atoms with van der Waals surface area (Å²) in [6.07, 6.45) is 3.54. The summed E-state index contributed by atoms with van der Waals surface area (Å²) >= 11 is 13.9. The first kappa shape index (κ1) is 16.3. The van der Waals surface area contributed by atoms with Crippen LogP contribution in [0.25, 0.3) is 22.3 Å². The quantitative estimate of drug-likeness (QED) is 0.370. The predicted octanol–water partition coefficient (Wildman–Crippen LogP) is 4.88. The van der Waals surface area contributed by atoms with Gasteiger partial charge in [-0.05, 0) is 36.0 Å². The Balaban J connectivity index is 1.70. The molecule has 1 aromatic carbocycles. The van der Waals surface area contributed by atoms with Gasteiger partial charge in [-0.2, -0.15) is 5.10 Å². The van der Waals surface area contributed by atoms with E-state index in [0.717, 1.165) is 21.7 Å². The van der Waals surface area contributed by atoms with Gasteiger partial charge in [0, 0.05) is 23.7 Å². The molecular formula is C17H11Cl2N5S. The second-order valence-electron chi connectivity index (χ2n) is 5.29.